The topological polar surface area (TPSA) is 17.8 Å². The number of fused-ring (bicyclic) bond motifs is 1. The molecule has 1 heterocycles. The Morgan fingerprint density at radius 1 is 1.10 bits per heavy atom. The van der Waals surface area contributed by atoms with E-state index in [0.717, 1.165) is 27.0 Å². The highest BCUT2D eigenvalue weighted by Crippen LogP contribution is 2.29. The predicted octanol–water partition coefficient (Wildman–Crippen LogP) is 5.45. The van der Waals surface area contributed by atoms with Crippen LogP contribution in [0.5, 0.6) is 0 Å². The van der Waals surface area contributed by atoms with Crippen molar-refractivity contribution in [1.29, 1.82) is 0 Å². The Labute approximate surface area is 137 Å². The van der Waals surface area contributed by atoms with Crippen LogP contribution in [-0.2, 0) is 5.88 Å². The van der Waals surface area contributed by atoms with Crippen LogP contribution in [0.3, 0.4) is 0 Å². The van der Waals surface area contributed by atoms with Gasteiger partial charge >= 0.3 is 0 Å². The van der Waals surface area contributed by atoms with Crippen LogP contribution in [0, 0.1) is 20.8 Å². The van der Waals surface area contributed by atoms with Crippen LogP contribution in [0.2, 0.25) is 0 Å². The number of imidazole rings is 1. The lowest BCUT2D eigenvalue weighted by Gasteiger charge is -2.13. The fourth-order valence-electron chi connectivity index (χ4n) is 2.76. The molecule has 2 aromatic carbocycles. The summed E-state index contributed by atoms with van der Waals surface area (Å²) in [6, 6.07) is 10.5. The van der Waals surface area contributed by atoms with E-state index in [2.05, 4.69) is 64.5 Å². The summed E-state index contributed by atoms with van der Waals surface area (Å²) in [4.78, 5) is 4.67. The standard InChI is InChI=1S/C17H16BrClN2/c1-10-5-4-6-14-17(10)21(15(9-19)20-14)13-7-11(2)16(18)12(3)8-13/h4-8H,9H2,1-3H3. The largest absolute Gasteiger partial charge is 0.295 e. The van der Waals surface area contributed by atoms with Crippen molar-refractivity contribution < 1.29 is 0 Å². The van der Waals surface area contributed by atoms with E-state index < -0.39 is 0 Å². The third kappa shape index (κ3) is 2.39. The second kappa shape index (κ2) is 5.47. The highest BCUT2D eigenvalue weighted by molar-refractivity contribution is 9.10. The summed E-state index contributed by atoms with van der Waals surface area (Å²) in [7, 11) is 0. The van der Waals surface area contributed by atoms with E-state index >= 15 is 0 Å². The van der Waals surface area contributed by atoms with Gasteiger partial charge in [-0.1, -0.05) is 28.1 Å². The normalized spacial score (nSPS) is 11.3. The molecule has 0 unspecified atom stereocenters. The van der Waals surface area contributed by atoms with Crippen LogP contribution in [0.4, 0.5) is 0 Å². The number of para-hydroxylation sites is 1. The summed E-state index contributed by atoms with van der Waals surface area (Å²) in [6.07, 6.45) is 0. The molecule has 0 saturated carbocycles. The number of aromatic nitrogens is 2. The van der Waals surface area contributed by atoms with Gasteiger partial charge < -0.3 is 0 Å². The first-order valence-electron chi connectivity index (χ1n) is 6.83. The van der Waals surface area contributed by atoms with E-state index in [-0.39, 0.29) is 0 Å². The van der Waals surface area contributed by atoms with Gasteiger partial charge in [-0.3, -0.25) is 4.57 Å². The number of hydrogen-bond donors (Lipinski definition) is 0. The van der Waals surface area contributed by atoms with Crippen molar-refractivity contribution in [3.63, 3.8) is 0 Å². The highest BCUT2D eigenvalue weighted by atomic mass is 79.9. The number of halogens is 2. The second-order valence-corrected chi connectivity index (χ2v) is 6.39. The Hall–Kier alpha value is -1.32. The Kier molecular flexibility index (Phi) is 3.80. The first-order valence-corrected chi connectivity index (χ1v) is 8.15. The van der Waals surface area contributed by atoms with Gasteiger partial charge in [0, 0.05) is 10.2 Å². The van der Waals surface area contributed by atoms with Crippen LogP contribution in [0.25, 0.3) is 16.7 Å². The molecule has 1 aromatic heterocycles. The molecule has 0 radical (unpaired) electrons. The van der Waals surface area contributed by atoms with E-state index in [0.29, 0.717) is 5.88 Å². The van der Waals surface area contributed by atoms with Gasteiger partial charge in [0.2, 0.25) is 0 Å². The van der Waals surface area contributed by atoms with Crippen molar-refractivity contribution in [3.05, 3.63) is 57.3 Å². The maximum atomic E-state index is 6.12. The first kappa shape index (κ1) is 14.6. The van der Waals surface area contributed by atoms with Gasteiger partial charge in [0.25, 0.3) is 0 Å². The van der Waals surface area contributed by atoms with E-state index in [1.807, 2.05) is 12.1 Å². The molecular weight excluding hydrogens is 348 g/mol. The summed E-state index contributed by atoms with van der Waals surface area (Å²) >= 11 is 9.75. The number of nitrogens with zero attached hydrogens (tertiary/aromatic N) is 2. The van der Waals surface area contributed by atoms with Gasteiger partial charge in [0.1, 0.15) is 5.82 Å². The monoisotopic (exact) mass is 362 g/mol. The van der Waals surface area contributed by atoms with E-state index in [9.17, 15) is 0 Å². The fraction of sp³-hybridized carbons (Fsp3) is 0.235. The minimum Gasteiger partial charge on any atom is -0.295 e. The van der Waals surface area contributed by atoms with Crippen molar-refractivity contribution in [2.24, 2.45) is 0 Å². The molecule has 0 fully saturated rings. The van der Waals surface area contributed by atoms with Gasteiger partial charge in [-0.2, -0.15) is 0 Å². The van der Waals surface area contributed by atoms with Gasteiger partial charge in [-0.15, -0.1) is 11.6 Å². The molecule has 0 atom stereocenters. The number of alkyl halides is 1. The molecule has 2 nitrogen and oxygen atoms in total. The molecule has 0 bridgehead atoms. The maximum absolute atomic E-state index is 6.12. The Morgan fingerprint density at radius 3 is 2.38 bits per heavy atom. The third-order valence-electron chi connectivity index (χ3n) is 3.75. The van der Waals surface area contributed by atoms with E-state index in [4.69, 9.17) is 11.6 Å². The van der Waals surface area contributed by atoms with Gasteiger partial charge in [0.05, 0.1) is 16.9 Å². The molecule has 0 aliphatic rings. The zero-order chi connectivity index (χ0) is 15.1. The Bertz CT molecular complexity index is 813. The molecule has 4 heteroatoms. The first-order chi connectivity index (χ1) is 10.0. The van der Waals surface area contributed by atoms with Crippen LogP contribution in [-0.4, -0.2) is 9.55 Å². The van der Waals surface area contributed by atoms with Gasteiger partial charge in [-0.05, 0) is 55.7 Å². The van der Waals surface area contributed by atoms with Crippen LogP contribution in [0.1, 0.15) is 22.5 Å². The van der Waals surface area contributed by atoms with E-state index in [1.165, 1.54) is 16.7 Å². The third-order valence-corrected chi connectivity index (χ3v) is 5.24. The van der Waals surface area contributed by atoms with Crippen molar-refractivity contribution in [2.45, 2.75) is 26.7 Å². The Morgan fingerprint density at radius 2 is 1.76 bits per heavy atom. The quantitative estimate of drug-likeness (QED) is 0.553. The maximum Gasteiger partial charge on any atom is 0.129 e. The average molecular weight is 364 g/mol. The Balaban J connectivity index is 2.39. The minimum absolute atomic E-state index is 0.391. The van der Waals surface area contributed by atoms with Crippen molar-refractivity contribution in [3.8, 4) is 5.69 Å². The second-order valence-electron chi connectivity index (χ2n) is 5.33. The van der Waals surface area contributed by atoms with Crippen LogP contribution >= 0.6 is 27.5 Å². The van der Waals surface area contributed by atoms with Crippen LogP contribution < -0.4 is 0 Å². The molecule has 21 heavy (non-hydrogen) atoms. The zero-order valence-electron chi connectivity index (χ0n) is 12.2. The number of benzene rings is 2. The lowest BCUT2D eigenvalue weighted by molar-refractivity contribution is 0.974. The summed E-state index contributed by atoms with van der Waals surface area (Å²) in [6.45, 7) is 6.32. The number of rotatable bonds is 2. The van der Waals surface area contributed by atoms with E-state index in [1.54, 1.807) is 0 Å². The SMILES string of the molecule is Cc1cc(-n2c(CCl)nc3cccc(C)c32)cc(C)c1Br. The zero-order valence-corrected chi connectivity index (χ0v) is 14.6. The van der Waals surface area contributed by atoms with Crippen molar-refractivity contribution >= 4 is 38.6 Å². The lowest BCUT2D eigenvalue weighted by Crippen LogP contribution is -2.01. The summed E-state index contributed by atoms with van der Waals surface area (Å²) in [5, 5.41) is 0. The molecule has 0 spiro atoms. The summed E-state index contributed by atoms with van der Waals surface area (Å²) in [5.41, 5.74) is 6.86. The molecule has 0 aliphatic heterocycles. The summed E-state index contributed by atoms with van der Waals surface area (Å²) in [5.74, 6) is 1.27. The number of aryl methyl sites for hydroxylation is 3. The minimum atomic E-state index is 0.391. The summed E-state index contributed by atoms with van der Waals surface area (Å²) < 4.78 is 3.32. The molecule has 108 valence electrons. The van der Waals surface area contributed by atoms with Crippen molar-refractivity contribution in [1.82, 2.24) is 9.55 Å². The molecule has 3 aromatic rings. The molecule has 3 rings (SSSR count). The average Bonchev–Trinajstić information content (AvgIpc) is 2.84. The van der Waals surface area contributed by atoms with Crippen molar-refractivity contribution in [2.75, 3.05) is 0 Å². The molecular formula is C17H16BrClN2. The fourth-order valence-corrected chi connectivity index (χ4v) is 3.17. The molecule has 0 aliphatic carbocycles. The van der Waals surface area contributed by atoms with Crippen LogP contribution in [0.15, 0.2) is 34.8 Å². The molecule has 0 amide bonds. The van der Waals surface area contributed by atoms with Gasteiger partial charge in [-0.25, -0.2) is 4.98 Å². The molecule has 0 N–H and O–H groups in total. The smallest absolute Gasteiger partial charge is 0.129 e. The number of hydrogen-bond acceptors (Lipinski definition) is 1. The molecule has 0 saturated heterocycles. The predicted molar refractivity (Wildman–Crippen MR) is 92.5 cm³/mol. The highest BCUT2D eigenvalue weighted by Gasteiger charge is 2.14. The van der Waals surface area contributed by atoms with Gasteiger partial charge in [0.15, 0.2) is 0 Å². The lowest BCUT2D eigenvalue weighted by atomic mass is 10.1.